The van der Waals surface area contributed by atoms with Crippen molar-refractivity contribution >= 4 is 0 Å². The first-order valence-electron chi connectivity index (χ1n) is 7.41. The molecule has 3 atom stereocenters. The van der Waals surface area contributed by atoms with E-state index in [2.05, 4.69) is 31.8 Å². The van der Waals surface area contributed by atoms with Gasteiger partial charge >= 0.3 is 0 Å². The second-order valence-corrected chi connectivity index (χ2v) is 7.18. The average Bonchev–Trinajstić information content (AvgIpc) is 2.70. The van der Waals surface area contributed by atoms with Gasteiger partial charge in [0.15, 0.2) is 0 Å². The number of fused-ring (bicyclic) bond motifs is 2. The zero-order valence-electron chi connectivity index (χ0n) is 12.8. The smallest absolute Gasteiger partial charge is 0.143 e. The largest absolute Gasteiger partial charge is 0.495 e. The second-order valence-electron chi connectivity index (χ2n) is 7.18. The van der Waals surface area contributed by atoms with Crippen LogP contribution in [0.25, 0.3) is 0 Å². The third-order valence-corrected chi connectivity index (χ3v) is 6.49. The highest BCUT2D eigenvalue weighted by Gasteiger charge is 2.61. The SMILES string of the molecule is COc1c(C2CC3CC[C@]2(C)C3(C)C)ccnc1C. The minimum absolute atomic E-state index is 0.402. The summed E-state index contributed by atoms with van der Waals surface area (Å²) in [6.45, 7) is 9.46. The van der Waals surface area contributed by atoms with Gasteiger partial charge in [0.1, 0.15) is 5.75 Å². The molecule has 0 spiro atoms. The summed E-state index contributed by atoms with van der Waals surface area (Å²) in [6.07, 6.45) is 5.99. The number of nitrogens with zero attached hydrogens (tertiary/aromatic N) is 1. The summed E-state index contributed by atoms with van der Waals surface area (Å²) in [5.74, 6) is 2.50. The van der Waals surface area contributed by atoms with Crippen LogP contribution in [0.3, 0.4) is 0 Å². The van der Waals surface area contributed by atoms with E-state index in [0.29, 0.717) is 16.7 Å². The molecule has 0 N–H and O–H groups in total. The third-order valence-electron chi connectivity index (χ3n) is 6.49. The fraction of sp³-hybridized carbons (Fsp3) is 0.706. The van der Waals surface area contributed by atoms with E-state index in [-0.39, 0.29) is 0 Å². The summed E-state index contributed by atoms with van der Waals surface area (Å²) in [5.41, 5.74) is 3.25. The normalized spacial score (nSPS) is 35.6. The van der Waals surface area contributed by atoms with E-state index in [1.165, 1.54) is 24.8 Å². The van der Waals surface area contributed by atoms with Crippen LogP contribution >= 0.6 is 0 Å². The molecule has 2 heteroatoms. The quantitative estimate of drug-likeness (QED) is 0.788. The van der Waals surface area contributed by atoms with Gasteiger partial charge in [-0.05, 0) is 54.9 Å². The highest BCUT2D eigenvalue weighted by molar-refractivity contribution is 5.42. The number of pyridine rings is 1. The molecule has 0 amide bonds. The highest BCUT2D eigenvalue weighted by atomic mass is 16.5. The van der Waals surface area contributed by atoms with Gasteiger partial charge < -0.3 is 4.74 Å². The van der Waals surface area contributed by atoms with Crippen molar-refractivity contribution < 1.29 is 4.74 Å². The molecule has 19 heavy (non-hydrogen) atoms. The van der Waals surface area contributed by atoms with Gasteiger partial charge in [0.2, 0.25) is 0 Å². The van der Waals surface area contributed by atoms with Gasteiger partial charge in [-0.3, -0.25) is 4.98 Å². The van der Waals surface area contributed by atoms with Gasteiger partial charge in [0.25, 0.3) is 0 Å². The van der Waals surface area contributed by atoms with Crippen molar-refractivity contribution in [2.45, 2.75) is 52.9 Å². The van der Waals surface area contributed by atoms with Crippen LogP contribution in [0.2, 0.25) is 0 Å². The Morgan fingerprint density at radius 3 is 2.58 bits per heavy atom. The zero-order valence-corrected chi connectivity index (χ0v) is 12.8. The van der Waals surface area contributed by atoms with Crippen molar-refractivity contribution in [3.05, 3.63) is 23.5 Å². The Balaban J connectivity index is 2.08. The lowest BCUT2D eigenvalue weighted by atomic mass is 9.65. The van der Waals surface area contributed by atoms with Crippen LogP contribution in [0.5, 0.6) is 5.75 Å². The average molecular weight is 259 g/mol. The van der Waals surface area contributed by atoms with E-state index in [4.69, 9.17) is 4.74 Å². The van der Waals surface area contributed by atoms with Crippen molar-refractivity contribution in [3.8, 4) is 5.75 Å². The number of hydrogen-bond acceptors (Lipinski definition) is 2. The monoisotopic (exact) mass is 259 g/mol. The van der Waals surface area contributed by atoms with E-state index in [0.717, 1.165) is 17.4 Å². The predicted molar refractivity (Wildman–Crippen MR) is 77.5 cm³/mol. The van der Waals surface area contributed by atoms with Crippen molar-refractivity contribution in [1.82, 2.24) is 4.98 Å². The van der Waals surface area contributed by atoms with E-state index < -0.39 is 0 Å². The molecule has 2 aliphatic rings. The third kappa shape index (κ3) is 1.52. The van der Waals surface area contributed by atoms with Crippen LogP contribution in [0, 0.1) is 23.7 Å². The Labute approximate surface area is 116 Å². The van der Waals surface area contributed by atoms with Crippen LogP contribution in [0.15, 0.2) is 12.3 Å². The minimum Gasteiger partial charge on any atom is -0.495 e. The van der Waals surface area contributed by atoms with E-state index >= 15 is 0 Å². The Hall–Kier alpha value is -1.05. The van der Waals surface area contributed by atoms with Gasteiger partial charge in [0.05, 0.1) is 12.8 Å². The molecule has 0 aliphatic heterocycles. The maximum Gasteiger partial charge on any atom is 0.143 e. The number of aryl methyl sites for hydroxylation is 1. The predicted octanol–water partition coefficient (Wildman–Crippen LogP) is 4.33. The summed E-state index contributed by atoms with van der Waals surface area (Å²) < 4.78 is 5.65. The Morgan fingerprint density at radius 1 is 1.32 bits per heavy atom. The number of hydrogen-bond donors (Lipinski definition) is 0. The minimum atomic E-state index is 0.402. The van der Waals surface area contributed by atoms with Gasteiger partial charge in [-0.2, -0.15) is 0 Å². The van der Waals surface area contributed by atoms with Crippen LogP contribution in [0.4, 0.5) is 0 Å². The van der Waals surface area contributed by atoms with Gasteiger partial charge in [-0.15, -0.1) is 0 Å². The summed E-state index contributed by atoms with van der Waals surface area (Å²) in [7, 11) is 1.77. The molecular formula is C17H25NO. The zero-order chi connectivity index (χ0) is 13.8. The summed E-state index contributed by atoms with van der Waals surface area (Å²) >= 11 is 0. The summed E-state index contributed by atoms with van der Waals surface area (Å²) in [5, 5.41) is 0. The maximum absolute atomic E-state index is 5.65. The first kappa shape index (κ1) is 13.0. The summed E-state index contributed by atoms with van der Waals surface area (Å²) in [6, 6.07) is 2.18. The number of methoxy groups -OCH3 is 1. The molecule has 2 saturated carbocycles. The first-order valence-corrected chi connectivity index (χ1v) is 7.41. The molecule has 1 aromatic heterocycles. The molecule has 3 rings (SSSR count). The Bertz CT molecular complexity index is 508. The van der Waals surface area contributed by atoms with Crippen LogP contribution in [-0.4, -0.2) is 12.1 Å². The number of aromatic nitrogens is 1. The highest BCUT2D eigenvalue weighted by Crippen LogP contribution is 2.71. The standard InChI is InChI=1S/C17H25NO/c1-11-15(19-5)13(7-9-18-11)14-10-12-6-8-17(14,4)16(12,2)3/h7,9,12,14H,6,8,10H2,1-5H3/t12?,14?,17-/m0/s1. The van der Waals surface area contributed by atoms with E-state index in [1.54, 1.807) is 7.11 Å². The molecular weight excluding hydrogens is 234 g/mol. The number of rotatable bonds is 2. The molecule has 2 unspecified atom stereocenters. The molecule has 1 heterocycles. The van der Waals surface area contributed by atoms with Crippen molar-refractivity contribution in [3.63, 3.8) is 0 Å². The topological polar surface area (TPSA) is 22.1 Å². The van der Waals surface area contributed by atoms with Crippen molar-refractivity contribution in [2.24, 2.45) is 16.7 Å². The van der Waals surface area contributed by atoms with Crippen molar-refractivity contribution in [2.75, 3.05) is 7.11 Å². The van der Waals surface area contributed by atoms with Gasteiger partial charge in [-0.1, -0.05) is 20.8 Å². The Kier molecular flexibility index (Phi) is 2.71. The van der Waals surface area contributed by atoms with Gasteiger partial charge in [0, 0.05) is 11.8 Å². The van der Waals surface area contributed by atoms with Crippen molar-refractivity contribution in [1.29, 1.82) is 0 Å². The van der Waals surface area contributed by atoms with E-state index in [1.807, 2.05) is 13.1 Å². The summed E-state index contributed by atoms with van der Waals surface area (Å²) in [4.78, 5) is 4.38. The lowest BCUT2D eigenvalue weighted by molar-refractivity contribution is 0.133. The molecule has 0 aromatic carbocycles. The Morgan fingerprint density at radius 2 is 2.05 bits per heavy atom. The lowest BCUT2D eigenvalue weighted by Crippen LogP contribution is -2.31. The van der Waals surface area contributed by atoms with E-state index in [9.17, 15) is 0 Å². The van der Waals surface area contributed by atoms with Gasteiger partial charge in [-0.25, -0.2) is 0 Å². The molecule has 2 bridgehead atoms. The first-order chi connectivity index (χ1) is 8.91. The van der Waals surface area contributed by atoms with Crippen LogP contribution < -0.4 is 4.74 Å². The fourth-order valence-corrected chi connectivity index (χ4v) is 4.79. The molecule has 1 aromatic rings. The fourth-order valence-electron chi connectivity index (χ4n) is 4.79. The maximum atomic E-state index is 5.65. The molecule has 0 radical (unpaired) electrons. The van der Waals surface area contributed by atoms with Crippen LogP contribution in [-0.2, 0) is 0 Å². The second kappa shape index (κ2) is 3.97. The molecule has 2 nitrogen and oxygen atoms in total. The molecule has 2 aliphatic carbocycles. The molecule has 2 fully saturated rings. The molecule has 0 saturated heterocycles. The molecule has 104 valence electrons. The lowest BCUT2D eigenvalue weighted by Gasteiger charge is -2.40. The number of ether oxygens (including phenoxy) is 1. The van der Waals surface area contributed by atoms with Crippen LogP contribution in [0.1, 0.15) is 57.2 Å².